The molecule has 0 bridgehead atoms. The Balaban J connectivity index is 1.68. The van der Waals surface area contributed by atoms with E-state index >= 15 is 0 Å². The van der Waals surface area contributed by atoms with Crippen LogP contribution >= 0.6 is 0 Å². The van der Waals surface area contributed by atoms with E-state index in [2.05, 4.69) is 26.3 Å². The predicted molar refractivity (Wildman–Crippen MR) is 185 cm³/mol. The van der Waals surface area contributed by atoms with E-state index < -0.39 is 71.7 Å². The lowest BCUT2D eigenvalue weighted by molar-refractivity contribution is -0.164. The molecule has 0 radical (unpaired) electrons. The third-order valence-corrected chi connectivity index (χ3v) is 7.43. The number of hydrogen-bond donors (Lipinski definition) is 7. The number of nitrogens with zero attached hydrogens (tertiary/aromatic N) is 1. The Labute approximate surface area is 299 Å². The molecule has 8 N–H and O–H groups in total. The first kappa shape index (κ1) is 42.0. The lowest BCUT2D eigenvalue weighted by Crippen LogP contribution is -2.52. The minimum atomic E-state index is -1.40. The van der Waals surface area contributed by atoms with Crippen LogP contribution in [0.4, 0.5) is 0 Å². The molecule has 0 aliphatic rings. The molecule has 0 unspecified atom stereocenters. The molecular formula is C35H44N6O11. The molecule has 0 aliphatic carbocycles. The van der Waals surface area contributed by atoms with Gasteiger partial charge in [-0.25, -0.2) is 9.59 Å². The summed E-state index contributed by atoms with van der Waals surface area (Å²) >= 11 is 0. The Bertz CT molecular complexity index is 1570. The van der Waals surface area contributed by atoms with Crippen molar-refractivity contribution in [3.8, 4) is 0 Å². The molecule has 280 valence electrons. The highest BCUT2D eigenvalue weighted by Crippen LogP contribution is 2.09. The Morgan fingerprint density at radius 2 is 1.56 bits per heavy atom. The highest BCUT2D eigenvalue weighted by atomic mass is 16.6. The predicted octanol–water partition coefficient (Wildman–Crippen LogP) is 0.225. The van der Waals surface area contributed by atoms with E-state index in [1.54, 1.807) is 48.7 Å². The number of primary amides is 1. The van der Waals surface area contributed by atoms with Gasteiger partial charge in [0.15, 0.2) is 0 Å². The average Bonchev–Trinajstić information content (AvgIpc) is 3.11. The molecule has 5 amide bonds. The number of unbranched alkanes of at least 4 members (excludes halogenated alkanes) is 1. The van der Waals surface area contributed by atoms with E-state index in [0.717, 1.165) is 0 Å². The van der Waals surface area contributed by atoms with Crippen molar-refractivity contribution in [1.82, 2.24) is 26.3 Å². The van der Waals surface area contributed by atoms with Crippen LogP contribution < -0.4 is 27.0 Å². The van der Waals surface area contributed by atoms with Crippen molar-refractivity contribution in [2.45, 2.75) is 82.5 Å². The van der Waals surface area contributed by atoms with Crippen molar-refractivity contribution in [1.29, 1.82) is 0 Å². The first-order valence-electron chi connectivity index (χ1n) is 16.5. The highest BCUT2D eigenvalue weighted by Gasteiger charge is 2.26. The van der Waals surface area contributed by atoms with Gasteiger partial charge < -0.3 is 42.0 Å². The van der Waals surface area contributed by atoms with Crippen molar-refractivity contribution >= 4 is 53.5 Å². The van der Waals surface area contributed by atoms with Crippen LogP contribution in [0.1, 0.15) is 63.0 Å². The van der Waals surface area contributed by atoms with Crippen molar-refractivity contribution in [2.75, 3.05) is 6.54 Å². The molecule has 17 nitrogen and oxygen atoms in total. The van der Waals surface area contributed by atoms with Crippen LogP contribution in [0.3, 0.4) is 0 Å². The van der Waals surface area contributed by atoms with Crippen LogP contribution in [0.15, 0.2) is 60.9 Å². The van der Waals surface area contributed by atoms with Gasteiger partial charge in [0.05, 0.1) is 6.42 Å². The van der Waals surface area contributed by atoms with Crippen molar-refractivity contribution < 1.29 is 53.3 Å². The molecule has 0 aliphatic heterocycles. The van der Waals surface area contributed by atoms with Crippen molar-refractivity contribution in [3.05, 3.63) is 72.1 Å². The number of hydrogen-bond acceptors (Lipinski definition) is 10. The van der Waals surface area contributed by atoms with Gasteiger partial charge in [0.1, 0.15) is 18.1 Å². The molecule has 1 aromatic carbocycles. The number of nitrogens with two attached hydrogens (primary N) is 1. The van der Waals surface area contributed by atoms with Crippen LogP contribution in [0.2, 0.25) is 0 Å². The summed E-state index contributed by atoms with van der Waals surface area (Å²) in [4.78, 5) is 101. The first-order valence-corrected chi connectivity index (χ1v) is 16.5. The number of carbonyl (C=O) groups excluding carboxylic acids is 6. The molecule has 0 saturated heterocycles. The summed E-state index contributed by atoms with van der Waals surface area (Å²) in [7, 11) is 0. The number of aromatic nitrogens is 1. The lowest BCUT2D eigenvalue weighted by Gasteiger charge is -2.19. The molecule has 2 rings (SSSR count). The van der Waals surface area contributed by atoms with E-state index in [1.165, 1.54) is 25.3 Å². The maximum atomic E-state index is 12.6. The van der Waals surface area contributed by atoms with Crippen molar-refractivity contribution in [3.63, 3.8) is 0 Å². The van der Waals surface area contributed by atoms with E-state index in [4.69, 9.17) is 10.5 Å². The summed E-state index contributed by atoms with van der Waals surface area (Å²) in [5.41, 5.74) is 6.72. The zero-order valence-corrected chi connectivity index (χ0v) is 28.6. The van der Waals surface area contributed by atoms with E-state index in [0.29, 0.717) is 24.0 Å². The normalized spacial score (nSPS) is 13.1. The SMILES string of the molecule is C[C@H](NC(=O)/C=C/c1cccnc1)C(=O)N[C@H](CCC(=O)N[C@@H](CCCCNC(=O)CCC(=O)O[C@H](Cc1ccccc1)C(=O)O)C(=O)O)C(N)=O. The fourth-order valence-corrected chi connectivity index (χ4v) is 4.59. The number of pyridine rings is 1. The quantitative estimate of drug-likeness (QED) is 0.0461. The zero-order valence-electron chi connectivity index (χ0n) is 28.6. The van der Waals surface area contributed by atoms with E-state index in [1.807, 2.05) is 0 Å². The van der Waals surface area contributed by atoms with Gasteiger partial charge in [0.2, 0.25) is 35.6 Å². The number of carboxylic acids is 2. The largest absolute Gasteiger partial charge is 0.480 e. The van der Waals surface area contributed by atoms with Crippen LogP contribution in [0, 0.1) is 0 Å². The zero-order chi connectivity index (χ0) is 38.5. The number of amides is 5. The van der Waals surface area contributed by atoms with Gasteiger partial charge in [0.25, 0.3) is 0 Å². The molecule has 4 atom stereocenters. The first-order chi connectivity index (χ1) is 24.7. The third-order valence-electron chi connectivity index (χ3n) is 7.43. The van der Waals surface area contributed by atoms with Gasteiger partial charge in [-0.3, -0.25) is 33.8 Å². The van der Waals surface area contributed by atoms with Gasteiger partial charge in [0, 0.05) is 44.3 Å². The second-order valence-corrected chi connectivity index (χ2v) is 11.7. The Kier molecular flexibility index (Phi) is 18.2. The number of rotatable bonds is 23. The smallest absolute Gasteiger partial charge is 0.345 e. The van der Waals surface area contributed by atoms with E-state index in [9.17, 15) is 48.6 Å². The number of benzene rings is 1. The van der Waals surface area contributed by atoms with Gasteiger partial charge in [-0.1, -0.05) is 36.4 Å². The maximum Gasteiger partial charge on any atom is 0.345 e. The molecular weight excluding hydrogens is 680 g/mol. The molecule has 1 aromatic heterocycles. The monoisotopic (exact) mass is 724 g/mol. The van der Waals surface area contributed by atoms with Crippen molar-refractivity contribution in [2.24, 2.45) is 5.73 Å². The second kappa shape index (κ2) is 22.6. The highest BCUT2D eigenvalue weighted by molar-refractivity contribution is 5.96. The maximum absolute atomic E-state index is 12.6. The topological polar surface area (TPSA) is 273 Å². The fraction of sp³-hybridized carbons (Fsp3) is 0.400. The molecule has 1 heterocycles. The Morgan fingerprint density at radius 1 is 0.827 bits per heavy atom. The van der Waals surface area contributed by atoms with Crippen LogP contribution in [-0.2, 0) is 49.5 Å². The van der Waals surface area contributed by atoms with Gasteiger partial charge in [-0.15, -0.1) is 0 Å². The van der Waals surface area contributed by atoms with Crippen LogP contribution in [-0.4, -0.2) is 93.4 Å². The van der Waals surface area contributed by atoms with E-state index in [-0.39, 0.29) is 45.1 Å². The molecule has 0 saturated carbocycles. The van der Waals surface area contributed by atoms with Crippen LogP contribution in [0.5, 0.6) is 0 Å². The standard InChI is InChI=1S/C35H44N6O11/c1-22(39-29(43)14-12-24-10-7-18-37-21-24)33(47)41-25(32(36)46)13-15-30(44)40-26(34(48)49)11-5-6-19-38-28(42)16-17-31(45)52-27(35(50)51)20-23-8-3-2-4-9-23/h2-4,7-10,12,14,18,21-22,25-27H,5-6,11,13,15-17,19-20H2,1H3,(H2,36,46)(H,38,42)(H,39,43)(H,40,44)(H,41,47)(H,48,49)(H,50,51)/b14-12+/t22-,25+,26-,27+/m0/s1. The summed E-state index contributed by atoms with van der Waals surface area (Å²) in [5.74, 6) is -6.88. The third kappa shape index (κ3) is 17.0. The molecule has 52 heavy (non-hydrogen) atoms. The minimum absolute atomic E-state index is 0.0175. The van der Waals surface area contributed by atoms with Gasteiger partial charge in [-0.2, -0.15) is 0 Å². The summed E-state index contributed by atoms with van der Waals surface area (Å²) < 4.78 is 5.02. The lowest BCUT2D eigenvalue weighted by atomic mass is 10.1. The van der Waals surface area contributed by atoms with Gasteiger partial charge >= 0.3 is 17.9 Å². The second-order valence-electron chi connectivity index (χ2n) is 11.7. The molecule has 2 aromatic rings. The molecule has 17 heteroatoms. The number of esters is 1. The number of ether oxygens (including phenoxy) is 1. The Hall–Kier alpha value is -6.13. The average molecular weight is 725 g/mol. The number of aliphatic carboxylic acids is 2. The minimum Gasteiger partial charge on any atom is -0.480 e. The molecule has 0 spiro atoms. The molecule has 0 fully saturated rings. The summed E-state index contributed by atoms with van der Waals surface area (Å²) in [5, 5.41) is 28.7. The number of carbonyl (C=O) groups is 8. The van der Waals surface area contributed by atoms with Gasteiger partial charge in [-0.05, 0) is 55.9 Å². The fourth-order valence-electron chi connectivity index (χ4n) is 4.59. The van der Waals surface area contributed by atoms with Crippen LogP contribution in [0.25, 0.3) is 6.08 Å². The number of carboxylic acid groups (broad SMARTS) is 2. The summed E-state index contributed by atoms with van der Waals surface area (Å²) in [6.07, 6.45) is 3.91. The number of nitrogens with one attached hydrogen (secondary N) is 4. The Morgan fingerprint density at radius 3 is 2.19 bits per heavy atom. The summed E-state index contributed by atoms with van der Waals surface area (Å²) in [6, 6.07) is 8.44. The summed E-state index contributed by atoms with van der Waals surface area (Å²) in [6.45, 7) is 1.54.